The summed E-state index contributed by atoms with van der Waals surface area (Å²) in [7, 11) is 0. The second kappa shape index (κ2) is 5.29. The van der Waals surface area contributed by atoms with Gasteiger partial charge < -0.3 is 10.4 Å². The number of aryl methyl sites for hydroxylation is 2. The van der Waals surface area contributed by atoms with E-state index in [0.717, 1.165) is 28.5 Å². The number of aromatic nitrogens is 1. The third-order valence-corrected chi connectivity index (χ3v) is 3.68. The molecule has 0 saturated heterocycles. The first-order valence-corrected chi connectivity index (χ1v) is 6.37. The van der Waals surface area contributed by atoms with Crippen LogP contribution in [0.5, 0.6) is 0 Å². The first-order valence-electron chi connectivity index (χ1n) is 5.55. The van der Waals surface area contributed by atoms with Gasteiger partial charge in [0.2, 0.25) is 0 Å². The Morgan fingerprint density at radius 2 is 2.06 bits per heavy atom. The van der Waals surface area contributed by atoms with Crippen molar-refractivity contribution >= 4 is 16.5 Å². The van der Waals surface area contributed by atoms with Gasteiger partial charge in [-0.2, -0.15) is 0 Å². The maximum absolute atomic E-state index is 9.06. The topological polar surface area (TPSA) is 45.2 Å². The van der Waals surface area contributed by atoms with E-state index in [0.29, 0.717) is 0 Å². The molecule has 0 saturated carbocycles. The molecule has 1 heterocycles. The van der Waals surface area contributed by atoms with Gasteiger partial charge in [-0.3, -0.25) is 0 Å². The third kappa shape index (κ3) is 3.05. The van der Waals surface area contributed by atoms with Crippen LogP contribution in [0.3, 0.4) is 0 Å². The molecule has 4 heteroatoms. The maximum Gasteiger partial charge on any atom is 0.183 e. The highest BCUT2D eigenvalue weighted by Crippen LogP contribution is 2.21. The van der Waals surface area contributed by atoms with E-state index in [1.165, 1.54) is 4.88 Å². The molecule has 2 N–H and O–H groups in total. The zero-order valence-corrected chi connectivity index (χ0v) is 10.8. The number of aliphatic hydroxyl groups is 1. The molecular weight excluding hydrogens is 232 g/mol. The van der Waals surface area contributed by atoms with Gasteiger partial charge in [0.15, 0.2) is 5.13 Å². The van der Waals surface area contributed by atoms with Crippen molar-refractivity contribution in [3.05, 3.63) is 46.0 Å². The Labute approximate surface area is 105 Å². The average Bonchev–Trinajstić information content (AvgIpc) is 2.67. The molecule has 1 aromatic heterocycles. The number of hydrogen-bond acceptors (Lipinski definition) is 4. The molecule has 17 heavy (non-hydrogen) atoms. The van der Waals surface area contributed by atoms with Gasteiger partial charge in [-0.1, -0.05) is 24.3 Å². The second-order valence-electron chi connectivity index (χ2n) is 3.99. The highest BCUT2D eigenvalue weighted by Gasteiger charge is 2.03. The lowest BCUT2D eigenvalue weighted by Gasteiger charge is -2.04. The van der Waals surface area contributed by atoms with Gasteiger partial charge in [-0.05, 0) is 25.0 Å². The van der Waals surface area contributed by atoms with E-state index in [9.17, 15) is 0 Å². The lowest BCUT2D eigenvalue weighted by molar-refractivity contribution is 0.281. The van der Waals surface area contributed by atoms with Crippen LogP contribution in [-0.4, -0.2) is 10.1 Å². The van der Waals surface area contributed by atoms with Crippen molar-refractivity contribution in [2.24, 2.45) is 0 Å². The van der Waals surface area contributed by atoms with E-state index in [1.807, 2.05) is 31.2 Å². The van der Waals surface area contributed by atoms with E-state index in [1.54, 1.807) is 11.3 Å². The normalized spacial score (nSPS) is 10.5. The molecule has 0 aliphatic heterocycles. The summed E-state index contributed by atoms with van der Waals surface area (Å²) in [5.74, 6) is 0. The quantitative estimate of drug-likeness (QED) is 0.874. The zero-order chi connectivity index (χ0) is 12.3. The molecule has 90 valence electrons. The Hall–Kier alpha value is -1.39. The van der Waals surface area contributed by atoms with Crippen LogP contribution in [0, 0.1) is 13.8 Å². The van der Waals surface area contributed by atoms with E-state index >= 15 is 0 Å². The lowest BCUT2D eigenvalue weighted by Crippen LogP contribution is -1.99. The van der Waals surface area contributed by atoms with Gasteiger partial charge in [0.25, 0.3) is 0 Å². The lowest BCUT2D eigenvalue weighted by atomic mass is 10.1. The number of hydrogen-bond donors (Lipinski definition) is 2. The molecule has 0 spiro atoms. The fourth-order valence-electron chi connectivity index (χ4n) is 1.56. The molecule has 0 unspecified atom stereocenters. The fourth-order valence-corrected chi connectivity index (χ4v) is 2.37. The van der Waals surface area contributed by atoms with Crippen molar-refractivity contribution in [3.8, 4) is 0 Å². The molecule has 0 aliphatic rings. The first-order chi connectivity index (χ1) is 8.19. The van der Waals surface area contributed by atoms with Crippen molar-refractivity contribution in [1.29, 1.82) is 0 Å². The first kappa shape index (κ1) is 12.1. The maximum atomic E-state index is 9.06. The fraction of sp³-hybridized carbons (Fsp3) is 0.308. The minimum absolute atomic E-state index is 0.0866. The van der Waals surface area contributed by atoms with Gasteiger partial charge in [-0.15, -0.1) is 11.3 Å². The number of nitrogens with zero attached hydrogens (tertiary/aromatic N) is 1. The molecule has 2 rings (SSSR count). The van der Waals surface area contributed by atoms with Crippen LogP contribution in [-0.2, 0) is 13.2 Å². The molecule has 3 nitrogen and oxygen atoms in total. The Morgan fingerprint density at radius 1 is 1.29 bits per heavy atom. The van der Waals surface area contributed by atoms with E-state index in [-0.39, 0.29) is 6.61 Å². The third-order valence-electron chi connectivity index (χ3n) is 2.65. The summed E-state index contributed by atoms with van der Waals surface area (Å²) in [6.07, 6.45) is 0. The molecule has 0 atom stereocenters. The van der Waals surface area contributed by atoms with Crippen LogP contribution in [0.2, 0.25) is 0 Å². The summed E-state index contributed by atoms with van der Waals surface area (Å²) >= 11 is 1.67. The van der Waals surface area contributed by atoms with Crippen LogP contribution in [0.15, 0.2) is 24.3 Å². The van der Waals surface area contributed by atoms with Gasteiger partial charge in [0.1, 0.15) is 0 Å². The van der Waals surface area contributed by atoms with Gasteiger partial charge in [-0.25, -0.2) is 4.98 Å². The predicted octanol–water partition coefficient (Wildman–Crippen LogP) is 2.86. The highest BCUT2D eigenvalue weighted by atomic mass is 32.1. The SMILES string of the molecule is Cc1nc(NCc2cccc(CO)c2)sc1C. The monoisotopic (exact) mass is 248 g/mol. The van der Waals surface area contributed by atoms with Crippen LogP contribution in [0.1, 0.15) is 21.7 Å². The van der Waals surface area contributed by atoms with Crippen molar-refractivity contribution in [3.63, 3.8) is 0 Å². The predicted molar refractivity (Wildman–Crippen MR) is 71.3 cm³/mol. The largest absolute Gasteiger partial charge is 0.392 e. The average molecular weight is 248 g/mol. The summed E-state index contributed by atoms with van der Waals surface area (Å²) in [5, 5.41) is 13.3. The number of thiazole rings is 1. The smallest absolute Gasteiger partial charge is 0.183 e. The van der Waals surface area contributed by atoms with Crippen molar-refractivity contribution in [2.75, 3.05) is 5.32 Å². The van der Waals surface area contributed by atoms with E-state index < -0.39 is 0 Å². The Kier molecular flexibility index (Phi) is 3.76. The number of aliphatic hydroxyl groups excluding tert-OH is 1. The minimum Gasteiger partial charge on any atom is -0.392 e. The molecule has 2 aromatic rings. The number of anilines is 1. The Balaban J connectivity index is 2.01. The van der Waals surface area contributed by atoms with Crippen LogP contribution >= 0.6 is 11.3 Å². The summed E-state index contributed by atoms with van der Waals surface area (Å²) in [4.78, 5) is 5.67. The molecule has 0 bridgehead atoms. The van der Waals surface area contributed by atoms with Crippen molar-refractivity contribution < 1.29 is 5.11 Å². The molecule has 1 aromatic carbocycles. The molecule has 0 aliphatic carbocycles. The minimum atomic E-state index is 0.0866. The molecule has 0 amide bonds. The van der Waals surface area contributed by atoms with E-state index in [4.69, 9.17) is 5.11 Å². The second-order valence-corrected chi connectivity index (χ2v) is 5.20. The number of rotatable bonds is 4. The summed E-state index contributed by atoms with van der Waals surface area (Å²) in [6.45, 7) is 4.91. The van der Waals surface area contributed by atoms with Crippen LogP contribution in [0.4, 0.5) is 5.13 Å². The Morgan fingerprint density at radius 3 is 2.71 bits per heavy atom. The van der Waals surface area contributed by atoms with Gasteiger partial charge in [0, 0.05) is 11.4 Å². The van der Waals surface area contributed by atoms with Crippen molar-refractivity contribution in [1.82, 2.24) is 4.98 Å². The highest BCUT2D eigenvalue weighted by molar-refractivity contribution is 7.15. The molecular formula is C13H16N2OS. The van der Waals surface area contributed by atoms with Gasteiger partial charge in [0.05, 0.1) is 12.3 Å². The van der Waals surface area contributed by atoms with Crippen LogP contribution < -0.4 is 5.32 Å². The van der Waals surface area contributed by atoms with Crippen LogP contribution in [0.25, 0.3) is 0 Å². The summed E-state index contributed by atoms with van der Waals surface area (Å²) in [5.41, 5.74) is 3.18. The zero-order valence-electron chi connectivity index (χ0n) is 10.0. The summed E-state index contributed by atoms with van der Waals surface area (Å²) in [6, 6.07) is 7.92. The number of nitrogens with one attached hydrogen (secondary N) is 1. The van der Waals surface area contributed by atoms with Gasteiger partial charge >= 0.3 is 0 Å². The molecule has 0 radical (unpaired) electrons. The standard InChI is InChI=1S/C13H16N2OS/c1-9-10(2)17-13(15-9)14-7-11-4-3-5-12(6-11)8-16/h3-6,16H,7-8H2,1-2H3,(H,14,15). The number of benzene rings is 1. The van der Waals surface area contributed by atoms with E-state index in [2.05, 4.69) is 17.2 Å². The Bertz CT molecular complexity index is 488. The molecule has 0 fully saturated rings. The summed E-state index contributed by atoms with van der Waals surface area (Å²) < 4.78 is 0. The van der Waals surface area contributed by atoms with Crippen molar-refractivity contribution in [2.45, 2.75) is 27.0 Å².